The fourth-order valence-electron chi connectivity index (χ4n) is 4.83. The Morgan fingerprint density at radius 1 is 1.07 bits per heavy atom. The number of nitrogens with zero attached hydrogens (tertiary/aromatic N) is 5. The highest BCUT2D eigenvalue weighted by molar-refractivity contribution is 14.0. The van der Waals surface area contributed by atoms with Crippen molar-refractivity contribution in [1.29, 1.82) is 0 Å². The first kappa shape index (κ1) is 21.8. The van der Waals surface area contributed by atoms with Gasteiger partial charge >= 0.3 is 0 Å². The van der Waals surface area contributed by atoms with Crippen LogP contribution in [0.1, 0.15) is 69.9 Å². The van der Waals surface area contributed by atoms with E-state index in [1.807, 2.05) is 0 Å². The molecule has 3 aliphatic rings. The highest BCUT2D eigenvalue weighted by atomic mass is 127. The van der Waals surface area contributed by atoms with Crippen molar-refractivity contribution in [3.05, 3.63) is 11.6 Å². The minimum Gasteiger partial charge on any atom is -0.357 e. The topological polar surface area (TPSA) is 70.4 Å². The van der Waals surface area contributed by atoms with Crippen molar-refractivity contribution in [3.63, 3.8) is 0 Å². The number of likely N-dealkylation sites (tertiary alicyclic amines) is 1. The van der Waals surface area contributed by atoms with Crippen molar-refractivity contribution in [2.45, 2.75) is 89.9 Å². The van der Waals surface area contributed by atoms with Gasteiger partial charge in [-0.15, -0.1) is 34.2 Å². The Morgan fingerprint density at radius 3 is 2.75 bits per heavy atom. The van der Waals surface area contributed by atoms with E-state index < -0.39 is 0 Å². The molecule has 4 rings (SSSR count). The van der Waals surface area contributed by atoms with Gasteiger partial charge in [0.15, 0.2) is 11.8 Å². The summed E-state index contributed by atoms with van der Waals surface area (Å²) in [4.78, 5) is 7.52. The van der Waals surface area contributed by atoms with Crippen molar-refractivity contribution in [1.82, 2.24) is 30.3 Å². The van der Waals surface area contributed by atoms with Gasteiger partial charge in [-0.05, 0) is 39.0 Å². The molecule has 0 aromatic carbocycles. The monoisotopic (exact) mass is 501 g/mol. The molecule has 158 valence electrons. The highest BCUT2D eigenvalue weighted by Gasteiger charge is 2.30. The zero-order valence-electron chi connectivity index (χ0n) is 17.2. The molecule has 28 heavy (non-hydrogen) atoms. The summed E-state index contributed by atoms with van der Waals surface area (Å²) < 4.78 is 2.29. The first-order valence-corrected chi connectivity index (χ1v) is 11.0. The Morgan fingerprint density at radius 2 is 1.93 bits per heavy atom. The van der Waals surface area contributed by atoms with Crippen LogP contribution >= 0.6 is 24.0 Å². The summed E-state index contributed by atoms with van der Waals surface area (Å²) in [6.45, 7) is 7.01. The normalized spacial score (nSPS) is 23.9. The lowest BCUT2D eigenvalue weighted by molar-refractivity contribution is 0.242. The van der Waals surface area contributed by atoms with Crippen LogP contribution in [0, 0.1) is 0 Å². The maximum atomic E-state index is 4.83. The third kappa shape index (κ3) is 5.37. The second-order valence-corrected chi connectivity index (χ2v) is 8.25. The molecule has 2 N–H and O–H groups in total. The standard InChI is InChI=1S/C20H35N7.HI/c1-2-21-20(23-16-11-13-26(15-16)17-8-5-6-9-17)22-14-19-25-24-18-10-4-3-7-12-27(18)19;/h16-17H,2-15H2,1H3,(H2,21,22,23);1H. The predicted octanol–water partition coefficient (Wildman–Crippen LogP) is 2.69. The quantitative estimate of drug-likeness (QED) is 0.369. The largest absolute Gasteiger partial charge is 0.357 e. The molecule has 7 nitrogen and oxygen atoms in total. The van der Waals surface area contributed by atoms with Crippen LogP contribution in [-0.4, -0.2) is 57.3 Å². The molecule has 3 heterocycles. The first-order chi connectivity index (χ1) is 13.3. The van der Waals surface area contributed by atoms with E-state index in [1.54, 1.807) is 0 Å². The molecule has 1 saturated carbocycles. The van der Waals surface area contributed by atoms with E-state index in [4.69, 9.17) is 4.99 Å². The highest BCUT2D eigenvalue weighted by Crippen LogP contribution is 2.26. The van der Waals surface area contributed by atoms with Crippen LogP contribution in [0.4, 0.5) is 0 Å². The Bertz CT molecular complexity index is 638. The molecule has 1 aromatic rings. The van der Waals surface area contributed by atoms with Crippen molar-refractivity contribution in [3.8, 4) is 0 Å². The van der Waals surface area contributed by atoms with Crippen LogP contribution in [0.15, 0.2) is 4.99 Å². The van der Waals surface area contributed by atoms with Gasteiger partial charge < -0.3 is 15.2 Å². The zero-order chi connectivity index (χ0) is 18.5. The van der Waals surface area contributed by atoms with E-state index in [0.29, 0.717) is 12.6 Å². The van der Waals surface area contributed by atoms with Crippen molar-refractivity contribution in [2.24, 2.45) is 4.99 Å². The summed E-state index contributed by atoms with van der Waals surface area (Å²) in [5.41, 5.74) is 0. The average Bonchev–Trinajstić information content (AvgIpc) is 3.39. The molecule has 0 bridgehead atoms. The summed E-state index contributed by atoms with van der Waals surface area (Å²) in [6, 6.07) is 1.32. The van der Waals surface area contributed by atoms with Crippen LogP contribution in [0.25, 0.3) is 0 Å². The lowest BCUT2D eigenvalue weighted by atomic mass is 10.2. The molecule has 2 fully saturated rings. The van der Waals surface area contributed by atoms with Crippen LogP contribution in [0.2, 0.25) is 0 Å². The Labute approximate surface area is 186 Å². The molecule has 1 aromatic heterocycles. The second-order valence-electron chi connectivity index (χ2n) is 8.25. The maximum absolute atomic E-state index is 4.83. The number of nitrogens with one attached hydrogen (secondary N) is 2. The smallest absolute Gasteiger partial charge is 0.191 e. The fraction of sp³-hybridized carbons (Fsp3) is 0.850. The number of rotatable bonds is 5. The molecular formula is C20H36IN7. The molecule has 1 unspecified atom stereocenters. The van der Waals surface area contributed by atoms with Gasteiger partial charge in [-0.25, -0.2) is 4.99 Å². The van der Waals surface area contributed by atoms with E-state index in [1.165, 1.54) is 57.9 Å². The first-order valence-electron chi connectivity index (χ1n) is 11.0. The number of aryl methyl sites for hydroxylation is 1. The predicted molar refractivity (Wildman–Crippen MR) is 123 cm³/mol. The number of guanidine groups is 1. The average molecular weight is 501 g/mol. The zero-order valence-corrected chi connectivity index (χ0v) is 19.5. The summed E-state index contributed by atoms with van der Waals surface area (Å²) in [7, 11) is 0. The van der Waals surface area contributed by atoms with Gasteiger partial charge in [0.1, 0.15) is 12.4 Å². The number of aliphatic imine (C=N–C) groups is 1. The molecule has 1 aliphatic carbocycles. The molecule has 2 aliphatic heterocycles. The van der Waals surface area contributed by atoms with Crippen LogP contribution in [-0.2, 0) is 19.5 Å². The summed E-state index contributed by atoms with van der Waals surface area (Å²) in [5, 5.41) is 15.9. The Balaban J connectivity index is 0.00000225. The van der Waals surface area contributed by atoms with Gasteiger partial charge in [-0.1, -0.05) is 19.3 Å². The number of aromatic nitrogens is 3. The molecule has 0 spiro atoms. The number of hydrogen-bond donors (Lipinski definition) is 2. The van der Waals surface area contributed by atoms with Crippen molar-refractivity contribution >= 4 is 29.9 Å². The van der Waals surface area contributed by atoms with Gasteiger partial charge in [0, 0.05) is 44.7 Å². The minimum atomic E-state index is 0. The van der Waals surface area contributed by atoms with Crippen molar-refractivity contribution in [2.75, 3.05) is 19.6 Å². The van der Waals surface area contributed by atoms with Crippen molar-refractivity contribution < 1.29 is 0 Å². The van der Waals surface area contributed by atoms with Crippen LogP contribution < -0.4 is 10.6 Å². The third-order valence-electron chi connectivity index (χ3n) is 6.31. The molecule has 0 amide bonds. The van der Waals surface area contributed by atoms with E-state index in [-0.39, 0.29) is 24.0 Å². The Kier molecular flexibility index (Phi) is 8.37. The lowest BCUT2D eigenvalue weighted by Crippen LogP contribution is -2.45. The third-order valence-corrected chi connectivity index (χ3v) is 6.31. The van der Waals surface area contributed by atoms with E-state index in [0.717, 1.165) is 49.7 Å². The number of fused-ring (bicyclic) bond motifs is 1. The lowest BCUT2D eigenvalue weighted by Gasteiger charge is -2.24. The van der Waals surface area contributed by atoms with Crippen LogP contribution in [0.3, 0.4) is 0 Å². The maximum Gasteiger partial charge on any atom is 0.191 e. The van der Waals surface area contributed by atoms with Gasteiger partial charge in [-0.3, -0.25) is 4.90 Å². The summed E-state index contributed by atoms with van der Waals surface area (Å²) in [5.74, 6) is 3.06. The van der Waals surface area contributed by atoms with E-state index in [9.17, 15) is 0 Å². The molecule has 1 atom stereocenters. The summed E-state index contributed by atoms with van der Waals surface area (Å²) in [6.07, 6.45) is 11.6. The molecular weight excluding hydrogens is 465 g/mol. The number of hydrogen-bond acceptors (Lipinski definition) is 4. The van der Waals surface area contributed by atoms with Crippen LogP contribution in [0.5, 0.6) is 0 Å². The summed E-state index contributed by atoms with van der Waals surface area (Å²) >= 11 is 0. The van der Waals surface area contributed by atoms with Gasteiger partial charge in [0.05, 0.1) is 0 Å². The van der Waals surface area contributed by atoms with Gasteiger partial charge in [0.2, 0.25) is 0 Å². The van der Waals surface area contributed by atoms with Gasteiger partial charge in [-0.2, -0.15) is 0 Å². The molecule has 1 saturated heterocycles. The van der Waals surface area contributed by atoms with Gasteiger partial charge in [0.25, 0.3) is 0 Å². The molecule has 0 radical (unpaired) electrons. The second kappa shape index (κ2) is 10.8. The minimum absolute atomic E-state index is 0. The van der Waals surface area contributed by atoms with E-state index >= 15 is 0 Å². The number of halogens is 1. The Hall–Kier alpha value is -0.900. The SMILES string of the molecule is CCNC(=NCc1nnc2n1CCCCC2)NC1CCN(C2CCCC2)C1.I. The molecule has 8 heteroatoms. The fourth-order valence-corrected chi connectivity index (χ4v) is 4.83. The van der Waals surface area contributed by atoms with E-state index in [2.05, 4.69) is 37.2 Å².